The van der Waals surface area contributed by atoms with E-state index in [2.05, 4.69) is 15.3 Å². The molecule has 0 aromatic carbocycles. The summed E-state index contributed by atoms with van der Waals surface area (Å²) >= 11 is 0. The molecule has 0 radical (unpaired) electrons. The van der Waals surface area contributed by atoms with Crippen LogP contribution in [0, 0.1) is 6.92 Å². The summed E-state index contributed by atoms with van der Waals surface area (Å²) in [6.07, 6.45) is 1.65. The van der Waals surface area contributed by atoms with Crippen molar-refractivity contribution in [3.63, 3.8) is 0 Å². The van der Waals surface area contributed by atoms with E-state index >= 15 is 0 Å². The van der Waals surface area contributed by atoms with E-state index in [-0.39, 0.29) is 0 Å². The van der Waals surface area contributed by atoms with Crippen LogP contribution >= 0.6 is 0 Å². The number of ether oxygens (including phenoxy) is 1. The van der Waals surface area contributed by atoms with Crippen molar-refractivity contribution < 1.29 is 4.74 Å². The predicted molar refractivity (Wildman–Crippen MR) is 42.9 cm³/mol. The second-order valence-electron chi connectivity index (χ2n) is 2.08. The lowest BCUT2D eigenvalue weighted by Gasteiger charge is -2.05. The van der Waals surface area contributed by atoms with Crippen molar-refractivity contribution in [2.24, 2.45) is 0 Å². The van der Waals surface area contributed by atoms with Gasteiger partial charge in [0.05, 0.1) is 13.3 Å². The molecular formula is C7H11N3O. The van der Waals surface area contributed by atoms with Crippen LogP contribution in [0.2, 0.25) is 0 Å². The minimum Gasteiger partial charge on any atom is -0.491 e. The highest BCUT2D eigenvalue weighted by Gasteiger charge is 2.01. The zero-order valence-electron chi connectivity index (χ0n) is 6.88. The molecule has 1 aromatic heterocycles. The fourth-order valence-electron chi connectivity index (χ4n) is 0.787. The first kappa shape index (κ1) is 7.78. The van der Waals surface area contributed by atoms with Crippen LogP contribution in [0.4, 0.5) is 5.82 Å². The van der Waals surface area contributed by atoms with Crippen LogP contribution in [0.5, 0.6) is 5.75 Å². The Morgan fingerprint density at radius 1 is 1.55 bits per heavy atom. The van der Waals surface area contributed by atoms with Gasteiger partial charge in [0.1, 0.15) is 5.82 Å². The Balaban J connectivity index is 3.06. The summed E-state index contributed by atoms with van der Waals surface area (Å²) in [7, 11) is 3.39. The first-order valence-corrected chi connectivity index (χ1v) is 3.33. The van der Waals surface area contributed by atoms with Crippen LogP contribution in [0.25, 0.3) is 0 Å². The lowest BCUT2D eigenvalue weighted by Crippen LogP contribution is -1.99. The van der Waals surface area contributed by atoms with Crippen LogP contribution in [-0.4, -0.2) is 24.1 Å². The quantitative estimate of drug-likeness (QED) is 0.683. The van der Waals surface area contributed by atoms with E-state index in [4.69, 9.17) is 4.74 Å². The summed E-state index contributed by atoms with van der Waals surface area (Å²) in [5, 5.41) is 2.91. The second-order valence-corrected chi connectivity index (χ2v) is 2.08. The SMILES string of the molecule is CNc1nc(C)ncc1OC. The molecule has 0 saturated carbocycles. The molecule has 0 fully saturated rings. The Morgan fingerprint density at radius 2 is 2.27 bits per heavy atom. The van der Waals surface area contributed by atoms with Crippen molar-refractivity contribution in [1.29, 1.82) is 0 Å². The Morgan fingerprint density at radius 3 is 2.82 bits per heavy atom. The Labute approximate surface area is 65.6 Å². The fraction of sp³-hybridized carbons (Fsp3) is 0.429. The monoisotopic (exact) mass is 153 g/mol. The van der Waals surface area contributed by atoms with Gasteiger partial charge in [0.25, 0.3) is 0 Å². The van der Waals surface area contributed by atoms with E-state index in [1.165, 1.54) is 0 Å². The van der Waals surface area contributed by atoms with Crippen molar-refractivity contribution in [2.75, 3.05) is 19.5 Å². The fourth-order valence-corrected chi connectivity index (χ4v) is 0.787. The van der Waals surface area contributed by atoms with Crippen molar-refractivity contribution >= 4 is 5.82 Å². The van der Waals surface area contributed by atoms with Crippen molar-refractivity contribution in [1.82, 2.24) is 9.97 Å². The number of hydrogen-bond donors (Lipinski definition) is 1. The van der Waals surface area contributed by atoms with Gasteiger partial charge in [0, 0.05) is 7.05 Å². The van der Waals surface area contributed by atoms with Crippen LogP contribution in [-0.2, 0) is 0 Å². The molecule has 0 atom stereocenters. The summed E-state index contributed by atoms with van der Waals surface area (Å²) < 4.78 is 5.00. The van der Waals surface area contributed by atoms with Crippen LogP contribution in [0.15, 0.2) is 6.20 Å². The van der Waals surface area contributed by atoms with Gasteiger partial charge in [0.15, 0.2) is 11.6 Å². The normalized spacial score (nSPS) is 9.36. The van der Waals surface area contributed by atoms with E-state index in [0.717, 1.165) is 11.6 Å². The minimum absolute atomic E-state index is 0.665. The topological polar surface area (TPSA) is 47.0 Å². The Hall–Kier alpha value is -1.32. The van der Waals surface area contributed by atoms with Crippen molar-refractivity contribution in [2.45, 2.75) is 6.92 Å². The van der Waals surface area contributed by atoms with Crippen molar-refractivity contribution in [3.05, 3.63) is 12.0 Å². The molecule has 0 saturated heterocycles. The number of methoxy groups -OCH3 is 1. The molecule has 0 bridgehead atoms. The van der Waals surface area contributed by atoms with Gasteiger partial charge < -0.3 is 10.1 Å². The Bertz CT molecular complexity index is 249. The highest BCUT2D eigenvalue weighted by atomic mass is 16.5. The molecule has 1 heterocycles. The number of nitrogens with zero attached hydrogens (tertiary/aromatic N) is 2. The maximum absolute atomic E-state index is 5.00. The summed E-state index contributed by atoms with van der Waals surface area (Å²) in [4.78, 5) is 8.10. The molecule has 1 rings (SSSR count). The summed E-state index contributed by atoms with van der Waals surface area (Å²) in [5.74, 6) is 2.12. The number of aromatic nitrogens is 2. The number of anilines is 1. The number of rotatable bonds is 2. The molecule has 4 nitrogen and oxygen atoms in total. The van der Waals surface area contributed by atoms with Gasteiger partial charge in [0.2, 0.25) is 0 Å². The molecule has 4 heteroatoms. The highest BCUT2D eigenvalue weighted by Crippen LogP contribution is 2.18. The molecule has 1 N–H and O–H groups in total. The van der Waals surface area contributed by atoms with Gasteiger partial charge in [-0.1, -0.05) is 0 Å². The second kappa shape index (κ2) is 3.18. The number of aryl methyl sites for hydroxylation is 1. The first-order valence-electron chi connectivity index (χ1n) is 3.33. The number of nitrogens with one attached hydrogen (secondary N) is 1. The Kier molecular flexibility index (Phi) is 2.25. The maximum Gasteiger partial charge on any atom is 0.179 e. The predicted octanol–water partition coefficient (Wildman–Crippen LogP) is 0.835. The lowest BCUT2D eigenvalue weighted by atomic mass is 10.5. The molecule has 0 spiro atoms. The van der Waals surface area contributed by atoms with E-state index in [1.54, 1.807) is 20.4 Å². The van der Waals surface area contributed by atoms with Crippen LogP contribution in [0.1, 0.15) is 5.82 Å². The zero-order chi connectivity index (χ0) is 8.27. The maximum atomic E-state index is 5.00. The van der Waals surface area contributed by atoms with Gasteiger partial charge in [-0.15, -0.1) is 0 Å². The van der Waals surface area contributed by atoms with Gasteiger partial charge >= 0.3 is 0 Å². The number of hydrogen-bond acceptors (Lipinski definition) is 4. The standard InChI is InChI=1S/C7H11N3O/c1-5-9-4-6(11-3)7(8-2)10-5/h4H,1-3H3,(H,8,9,10). The lowest BCUT2D eigenvalue weighted by molar-refractivity contribution is 0.412. The smallest absolute Gasteiger partial charge is 0.179 e. The summed E-state index contributed by atoms with van der Waals surface area (Å²) in [6, 6.07) is 0. The van der Waals surface area contributed by atoms with E-state index in [0.29, 0.717) is 5.75 Å². The molecule has 60 valence electrons. The first-order chi connectivity index (χ1) is 5.27. The highest BCUT2D eigenvalue weighted by molar-refractivity contribution is 5.47. The van der Waals surface area contributed by atoms with Gasteiger partial charge in [-0.3, -0.25) is 0 Å². The molecular weight excluding hydrogens is 142 g/mol. The van der Waals surface area contributed by atoms with Crippen LogP contribution in [0.3, 0.4) is 0 Å². The van der Waals surface area contributed by atoms with Crippen molar-refractivity contribution in [3.8, 4) is 5.75 Å². The average molecular weight is 153 g/mol. The molecule has 0 amide bonds. The molecule has 11 heavy (non-hydrogen) atoms. The average Bonchev–Trinajstić information content (AvgIpc) is 2.04. The third-order valence-electron chi connectivity index (χ3n) is 1.33. The molecule has 1 aromatic rings. The van der Waals surface area contributed by atoms with E-state index in [9.17, 15) is 0 Å². The molecule has 0 aliphatic rings. The summed E-state index contributed by atoms with van der Waals surface area (Å²) in [6.45, 7) is 1.83. The molecule has 0 aliphatic heterocycles. The van der Waals surface area contributed by atoms with E-state index in [1.807, 2.05) is 6.92 Å². The molecule has 0 aliphatic carbocycles. The van der Waals surface area contributed by atoms with Gasteiger partial charge in [-0.05, 0) is 6.92 Å². The van der Waals surface area contributed by atoms with Gasteiger partial charge in [-0.2, -0.15) is 0 Å². The summed E-state index contributed by atoms with van der Waals surface area (Å²) in [5.41, 5.74) is 0. The largest absolute Gasteiger partial charge is 0.491 e. The van der Waals surface area contributed by atoms with E-state index < -0.39 is 0 Å². The zero-order valence-corrected chi connectivity index (χ0v) is 6.88. The minimum atomic E-state index is 0.665. The third kappa shape index (κ3) is 1.58. The van der Waals surface area contributed by atoms with Gasteiger partial charge in [-0.25, -0.2) is 9.97 Å². The van der Waals surface area contributed by atoms with Crippen LogP contribution < -0.4 is 10.1 Å². The molecule has 0 unspecified atom stereocenters. The third-order valence-corrected chi connectivity index (χ3v) is 1.33.